The van der Waals surface area contributed by atoms with E-state index < -0.39 is 0 Å². The molecule has 0 saturated heterocycles. The Morgan fingerprint density at radius 1 is 1.18 bits per heavy atom. The smallest absolute Gasteiger partial charge is 0.148 e. The molecule has 1 aliphatic rings. The minimum absolute atomic E-state index is 0.668. The van der Waals surface area contributed by atoms with Crippen molar-refractivity contribution in [2.24, 2.45) is 0 Å². The number of nitrogens with two attached hydrogens (primary N) is 1. The second-order valence-corrected chi connectivity index (χ2v) is 5.29. The Balaban J connectivity index is 2.13. The van der Waals surface area contributed by atoms with Gasteiger partial charge < -0.3 is 5.73 Å². The number of aromatic nitrogens is 2. The van der Waals surface area contributed by atoms with Crippen LogP contribution >= 0.6 is 0 Å². The zero-order valence-electron chi connectivity index (χ0n) is 11.0. The van der Waals surface area contributed by atoms with E-state index >= 15 is 0 Å². The highest BCUT2D eigenvalue weighted by Crippen LogP contribution is 2.33. The summed E-state index contributed by atoms with van der Waals surface area (Å²) in [4.78, 5) is 0. The number of nitrogens with one attached hydrogen (secondary N) is 1. The molecule has 0 aromatic carbocycles. The maximum absolute atomic E-state index is 5.96. The van der Waals surface area contributed by atoms with Crippen molar-refractivity contribution in [1.82, 2.24) is 10.2 Å². The molecule has 1 heterocycles. The summed E-state index contributed by atoms with van der Waals surface area (Å²) < 4.78 is 0. The van der Waals surface area contributed by atoms with Crippen molar-refractivity contribution in [2.75, 3.05) is 5.73 Å². The van der Waals surface area contributed by atoms with Crippen molar-refractivity contribution in [3.05, 3.63) is 11.3 Å². The molecule has 1 aromatic heterocycles. The van der Waals surface area contributed by atoms with Crippen molar-refractivity contribution in [1.29, 1.82) is 0 Å². The number of hydrogen-bond donors (Lipinski definition) is 2. The molecule has 0 bridgehead atoms. The lowest BCUT2D eigenvalue weighted by Gasteiger charge is -2.19. The number of anilines is 1. The van der Waals surface area contributed by atoms with Gasteiger partial charge in [-0.25, -0.2) is 0 Å². The van der Waals surface area contributed by atoms with Crippen LogP contribution < -0.4 is 5.73 Å². The normalized spacial score (nSPS) is 18.9. The topological polar surface area (TPSA) is 54.7 Å². The van der Waals surface area contributed by atoms with Crippen LogP contribution in [0, 0.1) is 0 Å². The summed E-state index contributed by atoms with van der Waals surface area (Å²) in [6.07, 6.45) is 11.7. The zero-order chi connectivity index (χ0) is 12.1. The van der Waals surface area contributed by atoms with Crippen LogP contribution in [-0.4, -0.2) is 10.2 Å². The molecular formula is C14H25N3. The van der Waals surface area contributed by atoms with Crippen molar-refractivity contribution >= 4 is 5.82 Å². The molecule has 0 radical (unpaired) electrons. The monoisotopic (exact) mass is 235 g/mol. The maximum Gasteiger partial charge on any atom is 0.148 e. The average Bonchev–Trinajstić information content (AvgIpc) is 2.62. The number of nitrogens with zero attached hydrogens (tertiary/aromatic N) is 1. The quantitative estimate of drug-likeness (QED) is 0.837. The van der Waals surface area contributed by atoms with Crippen molar-refractivity contribution < 1.29 is 0 Å². The first kappa shape index (κ1) is 12.5. The lowest BCUT2D eigenvalue weighted by Crippen LogP contribution is -2.06. The Morgan fingerprint density at radius 2 is 1.82 bits per heavy atom. The Kier molecular flexibility index (Phi) is 4.46. The van der Waals surface area contributed by atoms with Crippen LogP contribution in [0.15, 0.2) is 0 Å². The molecule has 96 valence electrons. The summed E-state index contributed by atoms with van der Waals surface area (Å²) in [6.45, 7) is 2.20. The van der Waals surface area contributed by atoms with Gasteiger partial charge in [-0.15, -0.1) is 0 Å². The third kappa shape index (κ3) is 3.02. The second-order valence-electron chi connectivity index (χ2n) is 5.29. The van der Waals surface area contributed by atoms with Crippen molar-refractivity contribution in [2.45, 2.75) is 70.6 Å². The molecule has 3 heteroatoms. The Bertz CT molecular complexity index is 335. The lowest BCUT2D eigenvalue weighted by molar-refractivity contribution is 0.447. The van der Waals surface area contributed by atoms with Crippen LogP contribution in [0.25, 0.3) is 0 Å². The van der Waals surface area contributed by atoms with E-state index in [1.54, 1.807) is 0 Å². The first-order valence-electron chi connectivity index (χ1n) is 7.15. The fraction of sp³-hybridized carbons (Fsp3) is 0.786. The summed E-state index contributed by atoms with van der Waals surface area (Å²) in [5, 5.41) is 7.42. The Labute approximate surface area is 104 Å². The summed E-state index contributed by atoms with van der Waals surface area (Å²) in [7, 11) is 0. The number of hydrogen-bond acceptors (Lipinski definition) is 2. The first-order valence-corrected chi connectivity index (χ1v) is 7.15. The standard InChI is InChI=1S/C14H25N3/c1-2-8-12-13(16-17-14(12)15)11-9-6-4-3-5-7-10-11/h11H,2-10H2,1H3,(H3,15,16,17). The SMILES string of the molecule is CCCc1c(N)n[nH]c1C1CCCCCCC1. The van der Waals surface area contributed by atoms with Gasteiger partial charge in [-0.05, 0) is 19.3 Å². The zero-order valence-corrected chi connectivity index (χ0v) is 11.0. The molecule has 1 aromatic rings. The highest BCUT2D eigenvalue weighted by molar-refractivity contribution is 5.43. The predicted molar refractivity (Wildman–Crippen MR) is 72.1 cm³/mol. The fourth-order valence-corrected chi connectivity index (χ4v) is 2.99. The van der Waals surface area contributed by atoms with Gasteiger partial charge in [-0.2, -0.15) is 5.10 Å². The van der Waals surface area contributed by atoms with Gasteiger partial charge in [0.15, 0.2) is 0 Å². The molecule has 17 heavy (non-hydrogen) atoms. The minimum atomic E-state index is 0.668. The average molecular weight is 235 g/mol. The van der Waals surface area contributed by atoms with Crippen molar-refractivity contribution in [3.63, 3.8) is 0 Å². The van der Waals surface area contributed by atoms with Crippen LogP contribution in [0.4, 0.5) is 5.82 Å². The first-order chi connectivity index (χ1) is 8.33. The third-order valence-electron chi connectivity index (χ3n) is 3.94. The summed E-state index contributed by atoms with van der Waals surface area (Å²) >= 11 is 0. The minimum Gasteiger partial charge on any atom is -0.382 e. The van der Waals surface area contributed by atoms with E-state index in [0.717, 1.165) is 18.7 Å². The summed E-state index contributed by atoms with van der Waals surface area (Å²) in [5.74, 6) is 1.39. The van der Waals surface area contributed by atoms with E-state index in [2.05, 4.69) is 17.1 Å². The molecule has 3 nitrogen and oxygen atoms in total. The number of aromatic amines is 1. The van der Waals surface area contributed by atoms with Gasteiger partial charge >= 0.3 is 0 Å². The van der Waals surface area contributed by atoms with Crippen LogP contribution in [0.2, 0.25) is 0 Å². The van der Waals surface area contributed by atoms with Gasteiger partial charge in [0, 0.05) is 17.2 Å². The predicted octanol–water partition coefficient (Wildman–Crippen LogP) is 3.77. The number of H-pyrrole nitrogens is 1. The molecule has 1 aliphatic carbocycles. The molecule has 0 spiro atoms. The van der Waals surface area contributed by atoms with E-state index in [9.17, 15) is 0 Å². The van der Waals surface area contributed by atoms with Crippen LogP contribution in [-0.2, 0) is 6.42 Å². The molecule has 2 rings (SSSR count). The van der Waals surface area contributed by atoms with Crippen LogP contribution in [0.3, 0.4) is 0 Å². The maximum atomic E-state index is 5.96. The molecule has 3 N–H and O–H groups in total. The molecule has 0 aliphatic heterocycles. The van der Waals surface area contributed by atoms with Crippen molar-refractivity contribution in [3.8, 4) is 0 Å². The van der Waals surface area contributed by atoms with Gasteiger partial charge in [-0.1, -0.05) is 45.4 Å². The molecule has 0 atom stereocenters. The molecular weight excluding hydrogens is 210 g/mol. The molecule has 1 fully saturated rings. The molecule has 0 unspecified atom stereocenters. The van der Waals surface area contributed by atoms with Crippen LogP contribution in [0.1, 0.15) is 75.5 Å². The molecule has 1 saturated carbocycles. The number of rotatable bonds is 3. The van der Waals surface area contributed by atoms with Gasteiger partial charge in [0.1, 0.15) is 5.82 Å². The summed E-state index contributed by atoms with van der Waals surface area (Å²) in [5.41, 5.74) is 8.59. The highest BCUT2D eigenvalue weighted by atomic mass is 15.2. The van der Waals surface area contributed by atoms with Gasteiger partial charge in [0.2, 0.25) is 0 Å². The van der Waals surface area contributed by atoms with Crippen LogP contribution in [0.5, 0.6) is 0 Å². The number of nitrogen functional groups attached to an aromatic ring is 1. The lowest BCUT2D eigenvalue weighted by atomic mass is 9.86. The largest absolute Gasteiger partial charge is 0.382 e. The van der Waals surface area contributed by atoms with E-state index in [1.807, 2.05) is 0 Å². The van der Waals surface area contributed by atoms with Gasteiger partial charge in [0.05, 0.1) is 0 Å². The van der Waals surface area contributed by atoms with E-state index in [-0.39, 0.29) is 0 Å². The Hall–Kier alpha value is -0.990. The van der Waals surface area contributed by atoms with E-state index in [0.29, 0.717) is 5.92 Å². The highest BCUT2D eigenvalue weighted by Gasteiger charge is 2.20. The van der Waals surface area contributed by atoms with Gasteiger partial charge in [0.25, 0.3) is 0 Å². The summed E-state index contributed by atoms with van der Waals surface area (Å²) in [6, 6.07) is 0. The van der Waals surface area contributed by atoms with E-state index in [1.165, 1.54) is 56.2 Å². The Morgan fingerprint density at radius 3 is 2.47 bits per heavy atom. The molecule has 0 amide bonds. The fourth-order valence-electron chi connectivity index (χ4n) is 2.99. The van der Waals surface area contributed by atoms with Gasteiger partial charge in [-0.3, -0.25) is 5.10 Å². The third-order valence-corrected chi connectivity index (χ3v) is 3.94. The second kappa shape index (κ2) is 6.08. The van der Waals surface area contributed by atoms with E-state index in [4.69, 9.17) is 5.73 Å².